The van der Waals surface area contributed by atoms with Gasteiger partial charge in [0.05, 0.1) is 0 Å². The van der Waals surface area contributed by atoms with Gasteiger partial charge in [0.15, 0.2) is 0 Å². The summed E-state index contributed by atoms with van der Waals surface area (Å²) in [5.74, 6) is -2.79. The summed E-state index contributed by atoms with van der Waals surface area (Å²) < 4.78 is 82.4. The molecule has 0 spiro atoms. The van der Waals surface area contributed by atoms with Gasteiger partial charge in [-0.05, 0) is 25.1 Å². The zero-order valence-electron chi connectivity index (χ0n) is 13.5. The number of thiophene rings is 1. The minimum Gasteiger partial charge on any atom is -0.329 e. The van der Waals surface area contributed by atoms with Crippen molar-refractivity contribution in [3.63, 3.8) is 0 Å². The number of halogens is 4. The number of sulfonamides is 1. The third kappa shape index (κ3) is 4.34. The number of aromatic nitrogens is 2. The highest BCUT2D eigenvalue weighted by atomic mass is 32.2. The normalized spacial score (nSPS) is 12.5. The molecule has 2 heterocycles. The number of benzene rings is 1. The van der Waals surface area contributed by atoms with E-state index in [-0.39, 0.29) is 21.9 Å². The SMILES string of the molecule is Cc1ccc(S(=O)(=O)NCc2ccc(-c3noc(C(F)(F)F)n3)cc2F)s1. The molecule has 0 unspecified atom stereocenters. The van der Waals surface area contributed by atoms with Crippen LogP contribution >= 0.6 is 11.3 Å². The third-order valence-corrected chi connectivity index (χ3v) is 6.31. The summed E-state index contributed by atoms with van der Waals surface area (Å²) >= 11 is 1.07. The summed E-state index contributed by atoms with van der Waals surface area (Å²) in [6, 6.07) is 6.50. The smallest absolute Gasteiger partial charge is 0.329 e. The van der Waals surface area contributed by atoms with Gasteiger partial charge in [0.1, 0.15) is 10.0 Å². The van der Waals surface area contributed by atoms with Gasteiger partial charge in [0.2, 0.25) is 15.8 Å². The maximum Gasteiger partial charge on any atom is 0.471 e. The molecular formula is C15H11F4N3O3S2. The molecule has 1 aromatic carbocycles. The lowest BCUT2D eigenvalue weighted by molar-refractivity contribution is -0.159. The molecule has 3 rings (SSSR count). The molecule has 12 heteroatoms. The molecular weight excluding hydrogens is 410 g/mol. The number of aryl methyl sites for hydroxylation is 1. The molecule has 0 atom stereocenters. The summed E-state index contributed by atoms with van der Waals surface area (Å²) in [6.07, 6.45) is -4.80. The van der Waals surface area contributed by atoms with Crippen LogP contribution in [0.3, 0.4) is 0 Å². The molecule has 2 aromatic heterocycles. The molecule has 0 bridgehead atoms. The van der Waals surface area contributed by atoms with Gasteiger partial charge in [-0.1, -0.05) is 17.3 Å². The summed E-state index contributed by atoms with van der Waals surface area (Å²) in [5, 5.41) is 3.17. The van der Waals surface area contributed by atoms with Crippen LogP contribution in [0.4, 0.5) is 17.6 Å². The van der Waals surface area contributed by atoms with Gasteiger partial charge >= 0.3 is 12.1 Å². The van der Waals surface area contributed by atoms with E-state index >= 15 is 0 Å². The van der Waals surface area contributed by atoms with Crippen molar-refractivity contribution in [2.75, 3.05) is 0 Å². The van der Waals surface area contributed by atoms with Crippen molar-refractivity contribution in [1.82, 2.24) is 14.9 Å². The Morgan fingerprint density at radius 1 is 1.22 bits per heavy atom. The lowest BCUT2D eigenvalue weighted by atomic mass is 10.1. The van der Waals surface area contributed by atoms with Crippen LogP contribution < -0.4 is 4.72 Å². The fraction of sp³-hybridized carbons (Fsp3) is 0.200. The van der Waals surface area contributed by atoms with E-state index in [9.17, 15) is 26.0 Å². The predicted molar refractivity (Wildman–Crippen MR) is 87.8 cm³/mol. The second-order valence-corrected chi connectivity index (χ2v) is 8.70. The summed E-state index contributed by atoms with van der Waals surface area (Å²) in [4.78, 5) is 3.98. The molecule has 27 heavy (non-hydrogen) atoms. The lowest BCUT2D eigenvalue weighted by Crippen LogP contribution is -2.22. The quantitative estimate of drug-likeness (QED) is 0.635. The van der Waals surface area contributed by atoms with Gasteiger partial charge < -0.3 is 4.52 Å². The van der Waals surface area contributed by atoms with Crippen molar-refractivity contribution < 1.29 is 30.5 Å². The van der Waals surface area contributed by atoms with Crippen LogP contribution in [0.1, 0.15) is 16.3 Å². The molecule has 0 aliphatic heterocycles. The number of rotatable bonds is 5. The van der Waals surface area contributed by atoms with Gasteiger partial charge in [-0.15, -0.1) is 11.3 Å². The summed E-state index contributed by atoms with van der Waals surface area (Å²) in [6.45, 7) is 1.43. The number of nitrogens with zero attached hydrogens (tertiary/aromatic N) is 2. The molecule has 6 nitrogen and oxygen atoms in total. The molecule has 144 valence electrons. The molecule has 1 N–H and O–H groups in total. The van der Waals surface area contributed by atoms with E-state index < -0.39 is 33.7 Å². The Balaban J connectivity index is 1.76. The van der Waals surface area contributed by atoms with Crippen LogP contribution in [0.15, 0.2) is 39.1 Å². The second-order valence-electron chi connectivity index (χ2n) is 5.42. The van der Waals surface area contributed by atoms with Gasteiger partial charge in [-0.3, -0.25) is 0 Å². The Morgan fingerprint density at radius 2 is 1.96 bits per heavy atom. The zero-order chi connectivity index (χ0) is 19.8. The van der Waals surface area contributed by atoms with Crippen molar-refractivity contribution in [2.24, 2.45) is 0 Å². The van der Waals surface area contributed by atoms with Crippen molar-refractivity contribution >= 4 is 21.4 Å². The molecule has 0 aliphatic carbocycles. The van der Waals surface area contributed by atoms with E-state index in [1.54, 1.807) is 13.0 Å². The average molecular weight is 421 g/mol. The molecule has 3 aromatic rings. The number of alkyl halides is 3. The molecule has 0 amide bonds. The van der Waals surface area contributed by atoms with E-state index in [1.807, 2.05) is 0 Å². The van der Waals surface area contributed by atoms with E-state index in [0.29, 0.717) is 0 Å². The molecule has 0 saturated carbocycles. The first-order chi connectivity index (χ1) is 12.6. The first kappa shape index (κ1) is 19.5. The van der Waals surface area contributed by atoms with Gasteiger partial charge in [0, 0.05) is 22.5 Å². The number of hydrogen-bond donors (Lipinski definition) is 1. The lowest BCUT2D eigenvalue weighted by Gasteiger charge is -2.07. The van der Waals surface area contributed by atoms with Crippen molar-refractivity contribution in [3.8, 4) is 11.4 Å². The third-order valence-electron chi connectivity index (χ3n) is 3.41. The largest absolute Gasteiger partial charge is 0.471 e. The Morgan fingerprint density at radius 3 is 2.52 bits per heavy atom. The Hall–Kier alpha value is -2.31. The minimum atomic E-state index is -4.80. The van der Waals surface area contributed by atoms with Gasteiger partial charge in [0.25, 0.3) is 0 Å². The molecule has 0 fully saturated rings. The van der Waals surface area contributed by atoms with E-state index in [4.69, 9.17) is 0 Å². The van der Waals surface area contributed by atoms with Crippen molar-refractivity contribution in [3.05, 3.63) is 52.5 Å². The minimum absolute atomic E-state index is 0.00939. The average Bonchev–Trinajstić information content (AvgIpc) is 3.22. The fourth-order valence-corrected chi connectivity index (χ4v) is 4.42. The highest BCUT2D eigenvalue weighted by Crippen LogP contribution is 2.29. The topological polar surface area (TPSA) is 85.1 Å². The fourth-order valence-electron chi connectivity index (χ4n) is 2.09. The molecule has 0 saturated heterocycles. The second kappa shape index (κ2) is 7.02. The van der Waals surface area contributed by atoms with E-state index in [2.05, 4.69) is 19.4 Å². The number of hydrogen-bond acceptors (Lipinski definition) is 6. The Bertz CT molecular complexity index is 1070. The van der Waals surface area contributed by atoms with Crippen LogP contribution in [0.5, 0.6) is 0 Å². The Labute approximate surface area is 154 Å². The standard InChI is InChI=1S/C15H11F4N3O3S2/c1-8-2-5-12(26-8)27(23,24)20-7-10-4-3-9(6-11(10)16)13-21-14(25-22-13)15(17,18)19/h2-6,20H,7H2,1H3. The van der Waals surface area contributed by atoms with E-state index in [1.165, 1.54) is 18.2 Å². The highest BCUT2D eigenvalue weighted by Gasteiger charge is 2.38. The first-order valence-corrected chi connectivity index (χ1v) is 9.62. The summed E-state index contributed by atoms with van der Waals surface area (Å²) in [5.41, 5.74) is -0.0256. The highest BCUT2D eigenvalue weighted by molar-refractivity contribution is 7.91. The van der Waals surface area contributed by atoms with Crippen LogP contribution in [0.2, 0.25) is 0 Å². The van der Waals surface area contributed by atoms with Gasteiger partial charge in [-0.25, -0.2) is 17.5 Å². The number of nitrogens with one attached hydrogen (secondary N) is 1. The first-order valence-electron chi connectivity index (χ1n) is 7.32. The van der Waals surface area contributed by atoms with Gasteiger partial charge in [-0.2, -0.15) is 18.2 Å². The predicted octanol–water partition coefficient (Wildman–Crippen LogP) is 3.74. The molecule has 0 aliphatic rings. The Kier molecular flexibility index (Phi) is 5.06. The van der Waals surface area contributed by atoms with Crippen molar-refractivity contribution in [2.45, 2.75) is 23.9 Å². The maximum absolute atomic E-state index is 14.2. The maximum atomic E-state index is 14.2. The summed E-state index contributed by atoms with van der Waals surface area (Å²) in [7, 11) is -3.79. The van der Waals surface area contributed by atoms with Crippen LogP contribution in [0, 0.1) is 12.7 Å². The van der Waals surface area contributed by atoms with Crippen LogP contribution in [-0.4, -0.2) is 18.6 Å². The van der Waals surface area contributed by atoms with E-state index in [0.717, 1.165) is 22.3 Å². The van der Waals surface area contributed by atoms with Crippen LogP contribution in [-0.2, 0) is 22.7 Å². The molecule has 0 radical (unpaired) electrons. The van der Waals surface area contributed by atoms with Crippen molar-refractivity contribution in [1.29, 1.82) is 0 Å². The van der Waals surface area contributed by atoms with Crippen LogP contribution in [0.25, 0.3) is 11.4 Å². The zero-order valence-corrected chi connectivity index (χ0v) is 15.2. The monoisotopic (exact) mass is 421 g/mol.